The molecule has 1 heterocycles. The van der Waals surface area contributed by atoms with Gasteiger partial charge in [0, 0.05) is 4.91 Å². The van der Waals surface area contributed by atoms with Crippen LogP contribution in [-0.2, 0) is 0 Å². The topological polar surface area (TPSA) is 105 Å². The van der Waals surface area contributed by atoms with E-state index < -0.39 is 5.91 Å². The molecule has 0 saturated carbocycles. The van der Waals surface area contributed by atoms with Crippen LogP contribution in [-0.4, -0.2) is 10.9 Å². The van der Waals surface area contributed by atoms with Crippen molar-refractivity contribution in [2.24, 2.45) is 10.8 Å². The molecular weight excluding hydrogens is 158 g/mol. The summed E-state index contributed by atoms with van der Waals surface area (Å²) in [6, 6.07) is 4.46. The van der Waals surface area contributed by atoms with Crippen molar-refractivity contribution in [2.75, 3.05) is 0 Å². The molecular formula is C6H5N5O. The van der Waals surface area contributed by atoms with Crippen LogP contribution in [0.3, 0.4) is 0 Å². The Kier molecular flexibility index (Phi) is 2.25. The van der Waals surface area contributed by atoms with Crippen LogP contribution in [0.4, 0.5) is 5.82 Å². The van der Waals surface area contributed by atoms with Gasteiger partial charge in [0.25, 0.3) is 5.91 Å². The number of nitrogens with zero attached hydrogens (tertiary/aromatic N) is 4. The molecule has 6 nitrogen and oxygen atoms in total. The summed E-state index contributed by atoms with van der Waals surface area (Å²) in [4.78, 5) is 16.8. The molecule has 60 valence electrons. The van der Waals surface area contributed by atoms with E-state index >= 15 is 0 Å². The van der Waals surface area contributed by atoms with Gasteiger partial charge in [-0.2, -0.15) is 0 Å². The Morgan fingerprint density at radius 3 is 3.00 bits per heavy atom. The van der Waals surface area contributed by atoms with Crippen LogP contribution in [0.2, 0.25) is 0 Å². The van der Waals surface area contributed by atoms with E-state index in [0.717, 1.165) is 0 Å². The molecule has 0 aliphatic rings. The zero-order valence-electron chi connectivity index (χ0n) is 6.01. The van der Waals surface area contributed by atoms with Crippen LogP contribution in [0.25, 0.3) is 10.4 Å². The number of nitrogens with two attached hydrogens (primary N) is 1. The summed E-state index contributed by atoms with van der Waals surface area (Å²) < 4.78 is 0. The lowest BCUT2D eigenvalue weighted by Crippen LogP contribution is -2.12. The van der Waals surface area contributed by atoms with Crippen molar-refractivity contribution in [2.45, 2.75) is 0 Å². The van der Waals surface area contributed by atoms with Crippen molar-refractivity contribution in [1.82, 2.24) is 4.98 Å². The number of carbonyl (C=O) groups is 1. The summed E-state index contributed by atoms with van der Waals surface area (Å²) in [6.45, 7) is 0. The summed E-state index contributed by atoms with van der Waals surface area (Å²) in [6.07, 6.45) is 0. The summed E-state index contributed by atoms with van der Waals surface area (Å²) in [5.41, 5.74) is 13.1. The van der Waals surface area contributed by atoms with Gasteiger partial charge in [-0.3, -0.25) is 4.79 Å². The molecule has 2 N–H and O–H groups in total. The summed E-state index contributed by atoms with van der Waals surface area (Å²) in [5.74, 6) is -0.515. The van der Waals surface area contributed by atoms with E-state index in [4.69, 9.17) is 11.3 Å². The lowest BCUT2D eigenvalue weighted by Gasteiger charge is -1.93. The minimum Gasteiger partial charge on any atom is -0.364 e. The van der Waals surface area contributed by atoms with Crippen molar-refractivity contribution < 1.29 is 4.79 Å². The van der Waals surface area contributed by atoms with Crippen LogP contribution in [0.15, 0.2) is 23.3 Å². The second-order valence-corrected chi connectivity index (χ2v) is 1.93. The Labute approximate surface area is 67.7 Å². The summed E-state index contributed by atoms with van der Waals surface area (Å²) >= 11 is 0. The zero-order valence-corrected chi connectivity index (χ0v) is 6.01. The van der Waals surface area contributed by atoms with Crippen molar-refractivity contribution in [3.05, 3.63) is 34.3 Å². The highest BCUT2D eigenvalue weighted by Crippen LogP contribution is 2.07. The standard InChI is InChI=1S/C6H5N5O/c7-6(12)4-2-1-3-5(9-4)10-11-8/h1-3H,(H2,7,12). The first-order chi connectivity index (χ1) is 5.74. The number of rotatable bonds is 2. The van der Waals surface area contributed by atoms with E-state index in [2.05, 4.69) is 15.0 Å². The largest absolute Gasteiger partial charge is 0.364 e. The monoisotopic (exact) mass is 163 g/mol. The van der Waals surface area contributed by atoms with Crippen LogP contribution in [0.5, 0.6) is 0 Å². The SMILES string of the molecule is [N-]=[N+]=Nc1cccc(C(N)=O)n1. The van der Waals surface area contributed by atoms with Crippen molar-refractivity contribution in [3.63, 3.8) is 0 Å². The molecule has 0 aliphatic carbocycles. The number of azide groups is 1. The highest BCUT2D eigenvalue weighted by atomic mass is 16.1. The lowest BCUT2D eigenvalue weighted by atomic mass is 10.3. The molecule has 0 aliphatic heterocycles. The molecule has 1 amide bonds. The van der Waals surface area contributed by atoms with Crippen LogP contribution in [0, 0.1) is 0 Å². The second-order valence-electron chi connectivity index (χ2n) is 1.93. The quantitative estimate of drug-likeness (QED) is 0.400. The third-order valence-electron chi connectivity index (χ3n) is 1.13. The fourth-order valence-corrected chi connectivity index (χ4v) is 0.662. The zero-order chi connectivity index (χ0) is 8.97. The maximum Gasteiger partial charge on any atom is 0.267 e. The molecule has 0 aromatic carbocycles. The minimum absolute atomic E-state index is 0.0832. The molecule has 0 bridgehead atoms. The Hall–Kier alpha value is -2.07. The smallest absolute Gasteiger partial charge is 0.267 e. The molecule has 6 heteroatoms. The normalized spacial score (nSPS) is 8.67. The Balaban J connectivity index is 3.11. The summed E-state index contributed by atoms with van der Waals surface area (Å²) in [7, 11) is 0. The first-order valence-electron chi connectivity index (χ1n) is 3.06. The average Bonchev–Trinajstić information content (AvgIpc) is 2.05. The van der Waals surface area contributed by atoms with Gasteiger partial charge in [-0.15, -0.1) is 0 Å². The fraction of sp³-hybridized carbons (Fsp3) is 0. The van der Waals surface area contributed by atoms with Gasteiger partial charge in [0.1, 0.15) is 11.5 Å². The molecule has 12 heavy (non-hydrogen) atoms. The van der Waals surface area contributed by atoms with Crippen LogP contribution in [0.1, 0.15) is 10.5 Å². The Bertz CT molecular complexity index is 337. The predicted molar refractivity (Wildman–Crippen MR) is 41.6 cm³/mol. The number of hydrogen-bond donors (Lipinski definition) is 1. The van der Waals surface area contributed by atoms with E-state index in [9.17, 15) is 4.79 Å². The van der Waals surface area contributed by atoms with E-state index in [1.165, 1.54) is 18.2 Å². The van der Waals surface area contributed by atoms with Gasteiger partial charge in [0.05, 0.1) is 0 Å². The number of carbonyl (C=O) groups excluding carboxylic acids is 1. The minimum atomic E-state index is -0.648. The lowest BCUT2D eigenvalue weighted by molar-refractivity contribution is 0.0995. The number of amides is 1. The number of pyridine rings is 1. The number of primary amides is 1. The first-order valence-corrected chi connectivity index (χ1v) is 3.06. The highest BCUT2D eigenvalue weighted by molar-refractivity contribution is 5.90. The van der Waals surface area contributed by atoms with E-state index in [0.29, 0.717) is 0 Å². The highest BCUT2D eigenvalue weighted by Gasteiger charge is 2.00. The van der Waals surface area contributed by atoms with Gasteiger partial charge in [-0.05, 0) is 22.8 Å². The van der Waals surface area contributed by atoms with E-state index in [1.54, 1.807) is 0 Å². The molecule has 1 rings (SSSR count). The van der Waals surface area contributed by atoms with E-state index in [1.807, 2.05) is 0 Å². The van der Waals surface area contributed by atoms with Gasteiger partial charge < -0.3 is 5.73 Å². The molecule has 0 fully saturated rings. The van der Waals surface area contributed by atoms with Crippen molar-refractivity contribution in [1.29, 1.82) is 0 Å². The molecule has 1 aromatic rings. The number of hydrogen-bond acceptors (Lipinski definition) is 3. The molecule has 0 radical (unpaired) electrons. The molecule has 0 atom stereocenters. The second kappa shape index (κ2) is 3.36. The van der Waals surface area contributed by atoms with Crippen LogP contribution >= 0.6 is 0 Å². The molecule has 0 spiro atoms. The van der Waals surface area contributed by atoms with Crippen molar-refractivity contribution in [3.8, 4) is 0 Å². The molecule has 0 saturated heterocycles. The maximum absolute atomic E-state index is 10.6. The molecule has 0 unspecified atom stereocenters. The third-order valence-corrected chi connectivity index (χ3v) is 1.13. The first kappa shape index (κ1) is 8.03. The number of aromatic nitrogens is 1. The van der Waals surface area contributed by atoms with Crippen LogP contribution < -0.4 is 5.73 Å². The van der Waals surface area contributed by atoms with E-state index in [-0.39, 0.29) is 11.5 Å². The van der Waals surface area contributed by atoms with Gasteiger partial charge >= 0.3 is 0 Å². The van der Waals surface area contributed by atoms with Gasteiger partial charge in [0.2, 0.25) is 0 Å². The van der Waals surface area contributed by atoms with Crippen molar-refractivity contribution >= 4 is 11.7 Å². The fourth-order valence-electron chi connectivity index (χ4n) is 0.662. The Morgan fingerprint density at radius 2 is 2.42 bits per heavy atom. The maximum atomic E-state index is 10.6. The summed E-state index contributed by atoms with van der Waals surface area (Å²) in [5, 5.41) is 3.21. The predicted octanol–water partition coefficient (Wildman–Crippen LogP) is 1.12. The van der Waals surface area contributed by atoms with Gasteiger partial charge in [-0.1, -0.05) is 6.07 Å². The van der Waals surface area contributed by atoms with Gasteiger partial charge in [0.15, 0.2) is 0 Å². The Morgan fingerprint density at radius 1 is 1.67 bits per heavy atom. The average molecular weight is 163 g/mol. The van der Waals surface area contributed by atoms with Gasteiger partial charge in [-0.25, -0.2) is 4.98 Å². The molecule has 1 aromatic heterocycles. The third kappa shape index (κ3) is 1.71.